The van der Waals surface area contributed by atoms with Crippen LogP contribution in [0, 0.1) is 6.92 Å². The summed E-state index contributed by atoms with van der Waals surface area (Å²) in [6.07, 6.45) is 13.6. The Hall–Kier alpha value is -1.54. The van der Waals surface area contributed by atoms with Gasteiger partial charge in [0.2, 0.25) is 0 Å². The maximum atomic E-state index is 8.94. The molecule has 1 aromatic heterocycles. The van der Waals surface area contributed by atoms with Gasteiger partial charge in [-0.3, -0.25) is 0 Å². The Bertz CT molecular complexity index is 530. The first-order chi connectivity index (χ1) is 10.5. The molecule has 22 heavy (non-hydrogen) atoms. The van der Waals surface area contributed by atoms with E-state index in [0.717, 1.165) is 43.4 Å². The minimum atomic E-state index is 0.169. The molecule has 0 fully saturated rings. The third-order valence-electron chi connectivity index (χ3n) is 3.92. The van der Waals surface area contributed by atoms with Crippen LogP contribution < -0.4 is 0 Å². The molecule has 2 heteroatoms. The molecule has 0 aliphatic carbocycles. The number of aliphatic hydroxyl groups excluding tert-OH is 1. The molecule has 122 valence electrons. The Morgan fingerprint density at radius 1 is 1.00 bits per heavy atom. The highest BCUT2D eigenvalue weighted by atomic mass is 16.3. The van der Waals surface area contributed by atoms with E-state index in [4.69, 9.17) is 9.52 Å². The van der Waals surface area contributed by atoms with Crippen molar-refractivity contribution >= 4 is 0 Å². The summed E-state index contributed by atoms with van der Waals surface area (Å²) in [4.78, 5) is 0. The molecule has 0 aromatic carbocycles. The van der Waals surface area contributed by atoms with E-state index in [-0.39, 0.29) is 6.61 Å². The van der Waals surface area contributed by atoms with Crippen molar-refractivity contribution in [2.24, 2.45) is 0 Å². The van der Waals surface area contributed by atoms with Gasteiger partial charge in [-0.2, -0.15) is 0 Å². The predicted octanol–water partition coefficient (Wildman–Crippen LogP) is 5.52. The minimum absolute atomic E-state index is 0.169. The van der Waals surface area contributed by atoms with Crippen molar-refractivity contribution in [1.82, 2.24) is 0 Å². The standard InChI is InChI=1S/C20H30O2/c1-16(8-6-10-18(3)15-21)7-5-9-17(2)11-12-20-19(4)13-14-22-20/h7,10-11,13-14,21H,5-6,8-9,12,15H2,1-4H3/b16-7+,17-11+,18-10+. The molecule has 1 N–H and O–H groups in total. The van der Waals surface area contributed by atoms with E-state index >= 15 is 0 Å². The highest BCUT2D eigenvalue weighted by Gasteiger charge is 1.99. The lowest BCUT2D eigenvalue weighted by molar-refractivity contribution is 0.331. The molecule has 1 heterocycles. The predicted molar refractivity (Wildman–Crippen MR) is 94.0 cm³/mol. The molecule has 0 atom stereocenters. The van der Waals surface area contributed by atoms with E-state index in [2.05, 4.69) is 39.0 Å². The van der Waals surface area contributed by atoms with Crippen LogP contribution in [-0.2, 0) is 6.42 Å². The molecule has 0 bridgehead atoms. The lowest BCUT2D eigenvalue weighted by Gasteiger charge is -2.02. The monoisotopic (exact) mass is 302 g/mol. The molecule has 0 amide bonds. The molecule has 2 nitrogen and oxygen atoms in total. The zero-order valence-electron chi connectivity index (χ0n) is 14.5. The summed E-state index contributed by atoms with van der Waals surface area (Å²) in [5, 5.41) is 8.94. The topological polar surface area (TPSA) is 33.4 Å². The first-order valence-electron chi connectivity index (χ1n) is 8.13. The average Bonchev–Trinajstić information content (AvgIpc) is 2.90. The molecule has 0 aliphatic rings. The van der Waals surface area contributed by atoms with E-state index in [9.17, 15) is 0 Å². The minimum Gasteiger partial charge on any atom is -0.469 e. The van der Waals surface area contributed by atoms with E-state index in [1.807, 2.05) is 13.0 Å². The lowest BCUT2D eigenvalue weighted by Crippen LogP contribution is -1.85. The number of hydrogen-bond donors (Lipinski definition) is 1. The van der Waals surface area contributed by atoms with Gasteiger partial charge in [0.15, 0.2) is 0 Å². The summed E-state index contributed by atoms with van der Waals surface area (Å²) in [7, 11) is 0. The van der Waals surface area contributed by atoms with Gasteiger partial charge in [-0.1, -0.05) is 34.9 Å². The molecule has 0 saturated heterocycles. The molecule has 0 unspecified atom stereocenters. The van der Waals surface area contributed by atoms with Gasteiger partial charge in [-0.25, -0.2) is 0 Å². The first-order valence-corrected chi connectivity index (χ1v) is 8.13. The fourth-order valence-electron chi connectivity index (χ4n) is 2.24. The van der Waals surface area contributed by atoms with Crippen LogP contribution in [0.15, 0.2) is 51.7 Å². The molecular weight excluding hydrogens is 272 g/mol. The van der Waals surface area contributed by atoms with Crippen LogP contribution in [0.1, 0.15) is 57.8 Å². The van der Waals surface area contributed by atoms with Crippen LogP contribution >= 0.6 is 0 Å². The molecular formula is C20H30O2. The Kier molecular flexibility index (Phi) is 8.61. The van der Waals surface area contributed by atoms with Crippen molar-refractivity contribution in [1.29, 1.82) is 0 Å². The number of aryl methyl sites for hydroxylation is 1. The van der Waals surface area contributed by atoms with Crippen LogP contribution in [0.4, 0.5) is 0 Å². The summed E-state index contributed by atoms with van der Waals surface area (Å²) >= 11 is 0. The third-order valence-corrected chi connectivity index (χ3v) is 3.92. The Morgan fingerprint density at radius 2 is 1.59 bits per heavy atom. The second kappa shape index (κ2) is 10.2. The summed E-state index contributed by atoms with van der Waals surface area (Å²) in [5.41, 5.74) is 5.12. The Balaban J connectivity index is 2.29. The van der Waals surface area contributed by atoms with Gasteiger partial charge in [0, 0.05) is 6.42 Å². The van der Waals surface area contributed by atoms with E-state index in [0.29, 0.717) is 0 Å². The highest BCUT2D eigenvalue weighted by Crippen LogP contribution is 2.14. The van der Waals surface area contributed by atoms with Gasteiger partial charge in [0.05, 0.1) is 12.9 Å². The summed E-state index contributed by atoms with van der Waals surface area (Å²) in [5.74, 6) is 1.07. The van der Waals surface area contributed by atoms with Crippen molar-refractivity contribution in [2.45, 2.75) is 59.8 Å². The van der Waals surface area contributed by atoms with Gasteiger partial charge in [0.1, 0.15) is 5.76 Å². The molecule has 0 aliphatic heterocycles. The van der Waals surface area contributed by atoms with Crippen LogP contribution in [0.25, 0.3) is 0 Å². The van der Waals surface area contributed by atoms with Crippen molar-refractivity contribution in [3.8, 4) is 0 Å². The summed E-state index contributed by atoms with van der Waals surface area (Å²) in [6.45, 7) is 8.60. The zero-order valence-corrected chi connectivity index (χ0v) is 14.5. The van der Waals surface area contributed by atoms with Gasteiger partial charge in [-0.15, -0.1) is 0 Å². The van der Waals surface area contributed by atoms with Crippen molar-refractivity contribution in [2.75, 3.05) is 6.61 Å². The number of rotatable bonds is 9. The fraction of sp³-hybridized carbons (Fsp3) is 0.500. The Labute approximate surface area is 135 Å². The number of hydrogen-bond acceptors (Lipinski definition) is 2. The molecule has 0 saturated carbocycles. The maximum Gasteiger partial charge on any atom is 0.110 e. The van der Waals surface area contributed by atoms with E-state index < -0.39 is 0 Å². The third kappa shape index (κ3) is 7.46. The largest absolute Gasteiger partial charge is 0.469 e. The first kappa shape index (κ1) is 18.5. The van der Waals surface area contributed by atoms with Gasteiger partial charge < -0.3 is 9.52 Å². The second-order valence-corrected chi connectivity index (χ2v) is 6.12. The van der Waals surface area contributed by atoms with Gasteiger partial charge in [-0.05, 0) is 65.0 Å². The van der Waals surface area contributed by atoms with Crippen LogP contribution in [0.2, 0.25) is 0 Å². The number of aliphatic hydroxyl groups is 1. The summed E-state index contributed by atoms with van der Waals surface area (Å²) < 4.78 is 5.45. The molecule has 0 spiro atoms. The lowest BCUT2D eigenvalue weighted by atomic mass is 10.1. The van der Waals surface area contributed by atoms with Crippen LogP contribution in [0.3, 0.4) is 0 Å². The molecule has 1 rings (SSSR count). The maximum absolute atomic E-state index is 8.94. The van der Waals surface area contributed by atoms with Crippen molar-refractivity contribution < 1.29 is 9.52 Å². The normalized spacial score (nSPS) is 13.8. The second-order valence-electron chi connectivity index (χ2n) is 6.12. The smallest absolute Gasteiger partial charge is 0.110 e. The van der Waals surface area contributed by atoms with Gasteiger partial charge >= 0.3 is 0 Å². The SMILES string of the molecule is C/C(=C\CC/C(C)=C/CC/C(C)=C/Cc1occc1C)CO. The van der Waals surface area contributed by atoms with E-state index in [1.54, 1.807) is 6.26 Å². The van der Waals surface area contributed by atoms with Crippen LogP contribution in [0.5, 0.6) is 0 Å². The zero-order chi connectivity index (χ0) is 16.4. The fourth-order valence-corrected chi connectivity index (χ4v) is 2.24. The molecule has 1 aromatic rings. The number of furan rings is 1. The van der Waals surface area contributed by atoms with Crippen molar-refractivity contribution in [3.63, 3.8) is 0 Å². The average molecular weight is 302 g/mol. The quantitative estimate of drug-likeness (QED) is 0.609. The Morgan fingerprint density at radius 3 is 2.14 bits per heavy atom. The highest BCUT2D eigenvalue weighted by molar-refractivity contribution is 5.18. The number of allylic oxidation sites excluding steroid dienone is 5. The van der Waals surface area contributed by atoms with Crippen LogP contribution in [-0.4, -0.2) is 11.7 Å². The van der Waals surface area contributed by atoms with Gasteiger partial charge in [0.25, 0.3) is 0 Å². The summed E-state index contributed by atoms with van der Waals surface area (Å²) in [6, 6.07) is 2.01. The molecule has 0 radical (unpaired) electrons. The van der Waals surface area contributed by atoms with E-state index in [1.165, 1.54) is 16.7 Å². The van der Waals surface area contributed by atoms with Crippen molar-refractivity contribution in [3.05, 3.63) is 58.6 Å².